The summed E-state index contributed by atoms with van der Waals surface area (Å²) < 4.78 is 0. The average molecular weight is 391 g/mol. The minimum atomic E-state index is -0.436. The van der Waals surface area contributed by atoms with E-state index in [2.05, 4.69) is 10.3 Å². The van der Waals surface area contributed by atoms with Crippen molar-refractivity contribution in [3.63, 3.8) is 0 Å². The fourth-order valence-electron chi connectivity index (χ4n) is 3.05. The molecule has 0 unspecified atom stereocenters. The zero-order valence-corrected chi connectivity index (χ0v) is 15.7. The van der Waals surface area contributed by atoms with Gasteiger partial charge in [0.25, 0.3) is 11.8 Å². The molecule has 6 nitrogen and oxygen atoms in total. The van der Waals surface area contributed by atoms with Gasteiger partial charge >= 0.3 is 0 Å². The van der Waals surface area contributed by atoms with Crippen LogP contribution < -0.4 is 5.32 Å². The summed E-state index contributed by atoms with van der Waals surface area (Å²) in [5.74, 6) is -1.27. The Balaban J connectivity index is 1.32. The highest BCUT2D eigenvalue weighted by Crippen LogP contribution is 2.22. The lowest BCUT2D eigenvalue weighted by atomic mass is 10.1. The molecule has 7 heteroatoms. The van der Waals surface area contributed by atoms with E-state index in [1.807, 2.05) is 35.7 Å². The number of hydrogen-bond acceptors (Lipinski definition) is 5. The highest BCUT2D eigenvalue weighted by atomic mass is 32.1. The first-order chi connectivity index (χ1) is 13.6. The zero-order chi connectivity index (χ0) is 19.5. The molecule has 4 rings (SSSR count). The SMILES string of the molecule is O=C(CN1C(=O)c2ccccc2C1=O)NCc1csc(Cc2ccccc2)n1. The monoisotopic (exact) mass is 391 g/mol. The van der Waals surface area contributed by atoms with Gasteiger partial charge in [-0.2, -0.15) is 0 Å². The van der Waals surface area contributed by atoms with Crippen molar-refractivity contribution in [1.82, 2.24) is 15.2 Å². The molecule has 140 valence electrons. The predicted molar refractivity (Wildman–Crippen MR) is 105 cm³/mol. The Morgan fingerprint density at radius 3 is 2.29 bits per heavy atom. The number of thiazole rings is 1. The maximum atomic E-state index is 12.3. The molecule has 0 radical (unpaired) electrons. The number of carbonyl (C=O) groups excluding carboxylic acids is 3. The highest BCUT2D eigenvalue weighted by molar-refractivity contribution is 7.09. The van der Waals surface area contributed by atoms with Crippen LogP contribution in [0.15, 0.2) is 60.0 Å². The summed E-state index contributed by atoms with van der Waals surface area (Å²) in [7, 11) is 0. The molecule has 0 bridgehead atoms. The lowest BCUT2D eigenvalue weighted by Crippen LogP contribution is -2.40. The van der Waals surface area contributed by atoms with Gasteiger partial charge in [-0.1, -0.05) is 42.5 Å². The number of carbonyl (C=O) groups is 3. The molecule has 2 aromatic carbocycles. The Morgan fingerprint density at radius 2 is 1.61 bits per heavy atom. The molecule has 28 heavy (non-hydrogen) atoms. The summed E-state index contributed by atoms with van der Waals surface area (Å²) >= 11 is 1.54. The third-order valence-electron chi connectivity index (χ3n) is 4.44. The van der Waals surface area contributed by atoms with Crippen LogP contribution in [0.2, 0.25) is 0 Å². The average Bonchev–Trinajstić information content (AvgIpc) is 3.26. The quantitative estimate of drug-likeness (QED) is 0.655. The van der Waals surface area contributed by atoms with Crippen LogP contribution in [0.5, 0.6) is 0 Å². The molecule has 0 saturated carbocycles. The molecule has 0 saturated heterocycles. The smallest absolute Gasteiger partial charge is 0.262 e. The van der Waals surface area contributed by atoms with Gasteiger partial charge in [0.05, 0.1) is 28.4 Å². The second-order valence-corrected chi connectivity index (χ2v) is 7.36. The second kappa shape index (κ2) is 7.74. The fraction of sp³-hybridized carbons (Fsp3) is 0.143. The van der Waals surface area contributed by atoms with Crippen LogP contribution in [0, 0.1) is 0 Å². The predicted octanol–water partition coefficient (Wildman–Crippen LogP) is 2.65. The van der Waals surface area contributed by atoms with Crippen molar-refractivity contribution < 1.29 is 14.4 Å². The van der Waals surface area contributed by atoms with Gasteiger partial charge in [0, 0.05) is 11.8 Å². The summed E-state index contributed by atoms with van der Waals surface area (Å²) in [4.78, 5) is 42.3. The van der Waals surface area contributed by atoms with Gasteiger partial charge in [-0.15, -0.1) is 11.3 Å². The molecule has 0 fully saturated rings. The van der Waals surface area contributed by atoms with Crippen molar-refractivity contribution >= 4 is 29.1 Å². The van der Waals surface area contributed by atoms with Gasteiger partial charge in [0.15, 0.2) is 0 Å². The first-order valence-corrected chi connectivity index (χ1v) is 9.69. The van der Waals surface area contributed by atoms with Crippen LogP contribution in [-0.4, -0.2) is 34.2 Å². The number of nitrogens with zero attached hydrogens (tertiary/aromatic N) is 2. The van der Waals surface area contributed by atoms with Gasteiger partial charge in [-0.05, 0) is 17.7 Å². The summed E-state index contributed by atoms with van der Waals surface area (Å²) in [6.07, 6.45) is 0.745. The number of hydrogen-bond donors (Lipinski definition) is 1. The Morgan fingerprint density at radius 1 is 0.964 bits per heavy atom. The normalized spacial score (nSPS) is 12.9. The van der Waals surface area contributed by atoms with Gasteiger partial charge in [0.1, 0.15) is 6.54 Å². The van der Waals surface area contributed by atoms with Gasteiger partial charge < -0.3 is 5.32 Å². The third-order valence-corrected chi connectivity index (χ3v) is 5.34. The molecule has 0 aliphatic carbocycles. The largest absolute Gasteiger partial charge is 0.349 e. The maximum absolute atomic E-state index is 12.3. The molecular weight excluding hydrogens is 374 g/mol. The van der Waals surface area contributed by atoms with E-state index in [1.54, 1.807) is 35.6 Å². The number of imide groups is 1. The topological polar surface area (TPSA) is 79.4 Å². The van der Waals surface area contributed by atoms with Gasteiger partial charge in [-0.25, -0.2) is 4.98 Å². The minimum Gasteiger partial charge on any atom is -0.349 e. The standard InChI is InChI=1S/C21H17N3O3S/c25-18(12-24-20(26)16-8-4-5-9-17(16)21(24)27)22-11-15-13-28-19(23-15)10-14-6-2-1-3-7-14/h1-9,13H,10-12H2,(H,22,25). The Hall–Kier alpha value is -3.32. The van der Waals surface area contributed by atoms with Crippen LogP contribution in [0.25, 0.3) is 0 Å². The van der Waals surface area contributed by atoms with Crippen molar-refractivity contribution in [2.45, 2.75) is 13.0 Å². The Kier molecular flexibility index (Phi) is 4.99. The molecule has 3 aromatic rings. The number of amides is 3. The molecule has 1 N–H and O–H groups in total. The van der Waals surface area contributed by atoms with E-state index in [-0.39, 0.29) is 13.1 Å². The molecule has 2 heterocycles. The van der Waals surface area contributed by atoms with Crippen LogP contribution >= 0.6 is 11.3 Å². The summed E-state index contributed by atoms with van der Waals surface area (Å²) in [5.41, 5.74) is 2.61. The molecule has 3 amide bonds. The van der Waals surface area contributed by atoms with E-state index in [0.29, 0.717) is 11.1 Å². The fourth-order valence-corrected chi connectivity index (χ4v) is 3.88. The number of benzene rings is 2. The molecular formula is C21H17N3O3S. The van der Waals surface area contributed by atoms with E-state index in [1.165, 1.54) is 5.56 Å². The molecule has 0 atom stereocenters. The molecule has 1 aromatic heterocycles. The van der Waals surface area contributed by atoms with E-state index >= 15 is 0 Å². The number of aromatic nitrogens is 1. The summed E-state index contributed by atoms with van der Waals surface area (Å²) in [5, 5.41) is 5.60. The van der Waals surface area contributed by atoms with Gasteiger partial charge in [0.2, 0.25) is 5.91 Å². The summed E-state index contributed by atoms with van der Waals surface area (Å²) in [6.45, 7) is -0.0410. The van der Waals surface area contributed by atoms with Crippen LogP contribution in [-0.2, 0) is 17.8 Å². The molecule has 0 spiro atoms. The van der Waals surface area contributed by atoms with E-state index < -0.39 is 17.7 Å². The Bertz CT molecular complexity index is 1010. The lowest BCUT2D eigenvalue weighted by Gasteiger charge is -2.13. The minimum absolute atomic E-state index is 0.257. The molecule has 1 aliphatic rings. The first-order valence-electron chi connectivity index (χ1n) is 8.81. The van der Waals surface area contributed by atoms with Crippen molar-refractivity contribution in [3.8, 4) is 0 Å². The van der Waals surface area contributed by atoms with Crippen LogP contribution in [0.3, 0.4) is 0 Å². The molecule has 1 aliphatic heterocycles. The van der Waals surface area contributed by atoms with E-state index in [4.69, 9.17) is 0 Å². The Labute approximate surface area is 165 Å². The number of fused-ring (bicyclic) bond motifs is 1. The lowest BCUT2D eigenvalue weighted by molar-refractivity contribution is -0.121. The number of rotatable bonds is 6. The van der Waals surface area contributed by atoms with Crippen molar-refractivity contribution in [3.05, 3.63) is 87.4 Å². The summed E-state index contributed by atoms with van der Waals surface area (Å²) in [6, 6.07) is 16.6. The number of nitrogens with one attached hydrogen (secondary N) is 1. The van der Waals surface area contributed by atoms with E-state index in [9.17, 15) is 14.4 Å². The maximum Gasteiger partial charge on any atom is 0.262 e. The van der Waals surface area contributed by atoms with Crippen LogP contribution in [0.1, 0.15) is 37.0 Å². The van der Waals surface area contributed by atoms with Gasteiger partial charge in [-0.3, -0.25) is 19.3 Å². The zero-order valence-electron chi connectivity index (χ0n) is 14.9. The third kappa shape index (κ3) is 3.70. The van der Waals surface area contributed by atoms with E-state index in [0.717, 1.165) is 22.0 Å². The second-order valence-electron chi connectivity index (χ2n) is 6.41. The first kappa shape index (κ1) is 18.1. The van der Waals surface area contributed by atoms with Crippen LogP contribution in [0.4, 0.5) is 0 Å². The van der Waals surface area contributed by atoms with Crippen molar-refractivity contribution in [1.29, 1.82) is 0 Å². The van der Waals surface area contributed by atoms with Crippen molar-refractivity contribution in [2.75, 3.05) is 6.54 Å². The highest BCUT2D eigenvalue weighted by Gasteiger charge is 2.36. The van der Waals surface area contributed by atoms with Crippen molar-refractivity contribution in [2.24, 2.45) is 0 Å².